The third kappa shape index (κ3) is 5.71. The molecule has 0 saturated carbocycles. The zero-order valence-corrected chi connectivity index (χ0v) is 24.4. The molecular weight excluding hydrogens is 559 g/mol. The minimum Gasteiger partial charge on any atom is -0.497 e. The molecule has 0 amide bonds. The number of hydrogen-bond donors (Lipinski definition) is 0. The SMILES string of the molecule is CCOC(=O)C1=C(C)N=c2s/c(=C\c3ccccc3OCc3ccc(F)cc3)c(=O)n2[C@H]1c1ccc(OC)cc1OC. The van der Waals surface area contributed by atoms with E-state index in [0.29, 0.717) is 43.4 Å². The summed E-state index contributed by atoms with van der Waals surface area (Å²) in [4.78, 5) is 32.3. The van der Waals surface area contributed by atoms with Gasteiger partial charge in [0.1, 0.15) is 35.7 Å². The number of allylic oxidation sites excluding steroid dienone is 1. The van der Waals surface area contributed by atoms with Crippen molar-refractivity contribution in [2.24, 2.45) is 4.99 Å². The van der Waals surface area contributed by atoms with E-state index in [0.717, 1.165) is 5.56 Å². The van der Waals surface area contributed by atoms with Gasteiger partial charge in [0.2, 0.25) is 0 Å². The van der Waals surface area contributed by atoms with E-state index in [9.17, 15) is 14.0 Å². The summed E-state index contributed by atoms with van der Waals surface area (Å²) in [6, 6.07) is 17.8. The lowest BCUT2D eigenvalue weighted by atomic mass is 9.95. The van der Waals surface area contributed by atoms with Crippen molar-refractivity contribution in [3.05, 3.63) is 120 Å². The highest BCUT2D eigenvalue weighted by Crippen LogP contribution is 2.37. The summed E-state index contributed by atoms with van der Waals surface area (Å²) in [6.45, 7) is 3.85. The number of hydrogen-bond acceptors (Lipinski definition) is 8. The Morgan fingerprint density at radius 2 is 1.81 bits per heavy atom. The molecule has 0 N–H and O–H groups in total. The number of halogens is 1. The maximum Gasteiger partial charge on any atom is 0.338 e. The summed E-state index contributed by atoms with van der Waals surface area (Å²) in [5, 5.41) is 0. The lowest BCUT2D eigenvalue weighted by molar-refractivity contribution is -0.139. The number of para-hydroxylation sites is 1. The minimum atomic E-state index is -0.840. The Balaban J connectivity index is 1.63. The van der Waals surface area contributed by atoms with Crippen LogP contribution >= 0.6 is 11.3 Å². The van der Waals surface area contributed by atoms with Crippen LogP contribution < -0.4 is 29.1 Å². The Bertz CT molecular complexity index is 1840. The van der Waals surface area contributed by atoms with Crippen LogP contribution in [0.15, 0.2) is 87.8 Å². The maximum absolute atomic E-state index is 14.0. The van der Waals surface area contributed by atoms with E-state index >= 15 is 0 Å². The van der Waals surface area contributed by atoms with E-state index in [2.05, 4.69) is 4.99 Å². The predicted octanol–water partition coefficient (Wildman–Crippen LogP) is 4.53. The first-order valence-electron chi connectivity index (χ1n) is 13.2. The van der Waals surface area contributed by atoms with Gasteiger partial charge in [-0.1, -0.05) is 41.7 Å². The van der Waals surface area contributed by atoms with Gasteiger partial charge in [-0.25, -0.2) is 14.2 Å². The molecule has 2 heterocycles. The molecule has 42 heavy (non-hydrogen) atoms. The molecule has 0 unspecified atom stereocenters. The fourth-order valence-corrected chi connectivity index (χ4v) is 5.78. The molecule has 0 bridgehead atoms. The van der Waals surface area contributed by atoms with E-state index in [-0.39, 0.29) is 30.2 Å². The molecule has 5 rings (SSSR count). The number of aromatic nitrogens is 1. The highest BCUT2D eigenvalue weighted by atomic mass is 32.1. The van der Waals surface area contributed by atoms with Crippen molar-refractivity contribution >= 4 is 23.4 Å². The summed E-state index contributed by atoms with van der Waals surface area (Å²) in [5.41, 5.74) is 2.45. The van der Waals surface area contributed by atoms with Gasteiger partial charge in [-0.3, -0.25) is 9.36 Å². The monoisotopic (exact) mass is 588 g/mol. The Kier molecular flexibility index (Phi) is 8.53. The second kappa shape index (κ2) is 12.4. The molecule has 10 heteroatoms. The zero-order chi connectivity index (χ0) is 29.8. The third-order valence-corrected chi connectivity index (χ3v) is 7.75. The Labute approximate surface area is 245 Å². The first kappa shape index (κ1) is 28.8. The van der Waals surface area contributed by atoms with Crippen molar-refractivity contribution in [1.82, 2.24) is 4.57 Å². The van der Waals surface area contributed by atoms with Crippen LogP contribution in [-0.4, -0.2) is 31.4 Å². The normalized spacial score (nSPS) is 14.7. The summed E-state index contributed by atoms with van der Waals surface area (Å²) < 4.78 is 37.7. The molecule has 3 aromatic carbocycles. The van der Waals surface area contributed by atoms with Crippen molar-refractivity contribution in [2.75, 3.05) is 20.8 Å². The number of ether oxygens (including phenoxy) is 4. The van der Waals surface area contributed by atoms with Crippen LogP contribution in [0, 0.1) is 5.82 Å². The fourth-order valence-electron chi connectivity index (χ4n) is 4.74. The number of thiazole rings is 1. The van der Waals surface area contributed by atoms with E-state index in [1.807, 2.05) is 18.2 Å². The Morgan fingerprint density at radius 1 is 1.05 bits per heavy atom. The second-order valence-corrected chi connectivity index (χ2v) is 10.4. The predicted molar refractivity (Wildman–Crippen MR) is 157 cm³/mol. The highest BCUT2D eigenvalue weighted by Gasteiger charge is 2.35. The van der Waals surface area contributed by atoms with Gasteiger partial charge in [0, 0.05) is 17.2 Å². The minimum absolute atomic E-state index is 0.168. The van der Waals surface area contributed by atoms with Crippen LogP contribution in [0.4, 0.5) is 4.39 Å². The third-order valence-electron chi connectivity index (χ3n) is 6.77. The Morgan fingerprint density at radius 3 is 2.52 bits per heavy atom. The molecule has 8 nitrogen and oxygen atoms in total. The first-order valence-corrected chi connectivity index (χ1v) is 14.0. The number of fused-ring (bicyclic) bond motifs is 1. The maximum atomic E-state index is 14.0. The summed E-state index contributed by atoms with van der Waals surface area (Å²) in [5.74, 6) is 0.699. The van der Waals surface area contributed by atoms with Gasteiger partial charge in [0.05, 0.1) is 36.6 Å². The van der Waals surface area contributed by atoms with Gasteiger partial charge < -0.3 is 18.9 Å². The van der Waals surface area contributed by atoms with Crippen molar-refractivity contribution < 1.29 is 28.1 Å². The zero-order valence-electron chi connectivity index (χ0n) is 23.5. The molecular formula is C32H29FN2O6S. The molecule has 1 atom stereocenters. The van der Waals surface area contributed by atoms with E-state index in [1.165, 1.54) is 35.1 Å². The molecule has 0 spiro atoms. The van der Waals surface area contributed by atoms with E-state index < -0.39 is 12.0 Å². The van der Waals surface area contributed by atoms with Crippen LogP contribution in [0.25, 0.3) is 6.08 Å². The van der Waals surface area contributed by atoms with E-state index in [1.54, 1.807) is 63.4 Å². The van der Waals surface area contributed by atoms with Crippen LogP contribution in [0.5, 0.6) is 17.2 Å². The fraction of sp³-hybridized carbons (Fsp3) is 0.219. The van der Waals surface area contributed by atoms with Gasteiger partial charge in [0.15, 0.2) is 4.80 Å². The van der Waals surface area contributed by atoms with Gasteiger partial charge in [-0.15, -0.1) is 0 Å². The summed E-state index contributed by atoms with van der Waals surface area (Å²) >= 11 is 1.21. The molecule has 1 aliphatic heterocycles. The van der Waals surface area contributed by atoms with Crippen molar-refractivity contribution in [3.63, 3.8) is 0 Å². The molecule has 0 radical (unpaired) electrons. The topological polar surface area (TPSA) is 88.4 Å². The molecule has 1 aliphatic rings. The number of methoxy groups -OCH3 is 2. The largest absolute Gasteiger partial charge is 0.497 e. The molecule has 0 aliphatic carbocycles. The van der Waals surface area contributed by atoms with Gasteiger partial charge in [-0.05, 0) is 55.8 Å². The highest BCUT2D eigenvalue weighted by molar-refractivity contribution is 7.07. The molecule has 0 fully saturated rings. The van der Waals surface area contributed by atoms with Gasteiger partial charge in [0.25, 0.3) is 5.56 Å². The lowest BCUT2D eigenvalue weighted by Gasteiger charge is -2.26. The first-order chi connectivity index (χ1) is 20.3. The number of carbonyl (C=O) groups is 1. The van der Waals surface area contributed by atoms with Crippen LogP contribution in [0.2, 0.25) is 0 Å². The number of rotatable bonds is 9. The standard InChI is InChI=1S/C32H29FN2O6S/c1-5-40-31(37)28-19(2)34-32-35(29(28)24-15-14-23(38-3)17-26(24)39-4)30(36)27(42-32)16-21-8-6-7-9-25(21)41-18-20-10-12-22(33)13-11-20/h6-17,29H,5,18H2,1-4H3/b27-16-/t29-/m0/s1. The van der Waals surface area contributed by atoms with Crippen molar-refractivity contribution in [3.8, 4) is 17.2 Å². The number of carbonyl (C=O) groups excluding carboxylic acids is 1. The molecule has 0 saturated heterocycles. The molecule has 4 aromatic rings. The van der Waals surface area contributed by atoms with Crippen LogP contribution in [0.1, 0.15) is 36.6 Å². The average Bonchev–Trinajstić information content (AvgIpc) is 3.30. The molecule has 1 aromatic heterocycles. The molecule has 216 valence electrons. The summed E-state index contributed by atoms with van der Waals surface area (Å²) in [6.07, 6.45) is 1.75. The summed E-state index contributed by atoms with van der Waals surface area (Å²) in [7, 11) is 3.07. The number of esters is 1. The second-order valence-electron chi connectivity index (χ2n) is 9.36. The van der Waals surface area contributed by atoms with Gasteiger partial charge >= 0.3 is 5.97 Å². The number of benzene rings is 3. The number of nitrogens with zero attached hydrogens (tertiary/aromatic N) is 2. The van der Waals surface area contributed by atoms with E-state index in [4.69, 9.17) is 18.9 Å². The smallest absolute Gasteiger partial charge is 0.338 e. The quantitative estimate of drug-likeness (QED) is 0.267. The van der Waals surface area contributed by atoms with Crippen LogP contribution in [-0.2, 0) is 16.1 Å². The van der Waals surface area contributed by atoms with Crippen molar-refractivity contribution in [2.45, 2.75) is 26.5 Å². The Hall–Kier alpha value is -4.70. The van der Waals surface area contributed by atoms with Gasteiger partial charge in [-0.2, -0.15) is 0 Å². The average molecular weight is 589 g/mol. The van der Waals surface area contributed by atoms with Crippen molar-refractivity contribution in [1.29, 1.82) is 0 Å². The lowest BCUT2D eigenvalue weighted by Crippen LogP contribution is -2.40. The van der Waals surface area contributed by atoms with Crippen LogP contribution in [0.3, 0.4) is 0 Å².